The van der Waals surface area contributed by atoms with Gasteiger partial charge in [0.2, 0.25) is 0 Å². The highest BCUT2D eigenvalue weighted by molar-refractivity contribution is 6.30. The molecule has 3 rings (SSSR count). The van der Waals surface area contributed by atoms with Crippen molar-refractivity contribution in [2.24, 2.45) is 0 Å². The van der Waals surface area contributed by atoms with Crippen LogP contribution in [0.1, 0.15) is 45.7 Å². The Labute approximate surface area is 204 Å². The summed E-state index contributed by atoms with van der Waals surface area (Å²) >= 11 is 5.86. The molecule has 0 aromatic heterocycles. The van der Waals surface area contributed by atoms with Crippen molar-refractivity contribution in [2.75, 3.05) is 17.2 Å². The zero-order chi connectivity index (χ0) is 24.8. The fourth-order valence-electron chi connectivity index (χ4n) is 3.65. The third-order valence-corrected chi connectivity index (χ3v) is 5.46. The van der Waals surface area contributed by atoms with Gasteiger partial charge in [-0.1, -0.05) is 30.7 Å². The molecule has 2 aromatic carbocycles. The quantitative estimate of drug-likeness (QED) is 0.440. The Morgan fingerprint density at radius 2 is 1.62 bits per heavy atom. The maximum absolute atomic E-state index is 12.9. The van der Waals surface area contributed by atoms with E-state index in [1.807, 2.05) is 6.92 Å². The SMILES string of the molecule is CCCN1C(=O)NC(c2ccc(NC(=O)Nc3ccc(Cl)cc3)cc2)C(C(=O)OC(C)C)=C1C. The maximum Gasteiger partial charge on any atom is 0.338 e. The van der Waals surface area contributed by atoms with Crippen LogP contribution in [0.5, 0.6) is 0 Å². The number of nitrogens with one attached hydrogen (secondary N) is 3. The zero-order valence-electron chi connectivity index (χ0n) is 19.6. The molecule has 4 amide bonds. The molecule has 9 heteroatoms. The largest absolute Gasteiger partial charge is 0.459 e. The van der Waals surface area contributed by atoms with Gasteiger partial charge >= 0.3 is 18.0 Å². The van der Waals surface area contributed by atoms with Crippen LogP contribution >= 0.6 is 11.6 Å². The molecule has 1 heterocycles. The number of carbonyl (C=O) groups is 3. The summed E-state index contributed by atoms with van der Waals surface area (Å²) in [5, 5.41) is 8.97. The number of allylic oxidation sites excluding steroid dienone is 1. The summed E-state index contributed by atoms with van der Waals surface area (Å²) in [5.74, 6) is -0.469. The second-order valence-electron chi connectivity index (χ2n) is 8.20. The molecule has 1 atom stereocenters. The minimum absolute atomic E-state index is 0.269. The molecule has 34 heavy (non-hydrogen) atoms. The van der Waals surface area contributed by atoms with E-state index >= 15 is 0 Å². The minimum Gasteiger partial charge on any atom is -0.459 e. The lowest BCUT2D eigenvalue weighted by Gasteiger charge is -2.35. The van der Waals surface area contributed by atoms with E-state index in [2.05, 4.69) is 16.0 Å². The van der Waals surface area contributed by atoms with E-state index in [0.29, 0.717) is 39.8 Å². The molecule has 0 fully saturated rings. The highest BCUT2D eigenvalue weighted by Gasteiger charge is 2.36. The van der Waals surface area contributed by atoms with Crippen molar-refractivity contribution in [1.29, 1.82) is 0 Å². The highest BCUT2D eigenvalue weighted by atomic mass is 35.5. The van der Waals surface area contributed by atoms with Gasteiger partial charge in [-0.2, -0.15) is 0 Å². The molecule has 180 valence electrons. The first kappa shape index (κ1) is 25.1. The number of ether oxygens (including phenoxy) is 1. The van der Waals surface area contributed by atoms with E-state index in [9.17, 15) is 14.4 Å². The topological polar surface area (TPSA) is 99.8 Å². The molecule has 8 nitrogen and oxygen atoms in total. The Morgan fingerprint density at radius 3 is 2.15 bits per heavy atom. The average molecular weight is 485 g/mol. The van der Waals surface area contributed by atoms with Crippen molar-refractivity contribution >= 4 is 41.0 Å². The van der Waals surface area contributed by atoms with Crippen LogP contribution < -0.4 is 16.0 Å². The number of benzene rings is 2. The standard InChI is InChI=1S/C25H29ClN4O4/c1-5-14-30-16(4)21(23(31)34-15(2)3)22(29-25(30)33)17-6-10-19(11-7-17)27-24(32)28-20-12-8-18(26)9-13-20/h6-13,15,22H,5,14H2,1-4H3,(H,29,33)(H2,27,28,32). The number of urea groups is 2. The monoisotopic (exact) mass is 484 g/mol. The molecule has 3 N–H and O–H groups in total. The number of esters is 1. The summed E-state index contributed by atoms with van der Waals surface area (Å²) in [5.41, 5.74) is 2.82. The molecule has 0 aliphatic carbocycles. The van der Waals surface area contributed by atoms with Crippen molar-refractivity contribution < 1.29 is 19.1 Å². The van der Waals surface area contributed by atoms with E-state index in [1.165, 1.54) is 0 Å². The van der Waals surface area contributed by atoms with Crippen LogP contribution in [0.15, 0.2) is 59.8 Å². The van der Waals surface area contributed by atoms with Crippen molar-refractivity contribution in [2.45, 2.75) is 46.3 Å². The molecule has 1 unspecified atom stereocenters. The van der Waals surface area contributed by atoms with E-state index in [0.717, 1.165) is 6.42 Å². The fraction of sp³-hybridized carbons (Fsp3) is 0.320. The third-order valence-electron chi connectivity index (χ3n) is 5.21. The lowest BCUT2D eigenvalue weighted by Crippen LogP contribution is -2.48. The van der Waals surface area contributed by atoms with E-state index in [-0.39, 0.29) is 12.1 Å². The Hall–Kier alpha value is -3.52. The Morgan fingerprint density at radius 1 is 1.06 bits per heavy atom. The van der Waals surface area contributed by atoms with Crippen LogP contribution in [-0.4, -0.2) is 35.6 Å². The number of anilines is 2. The first-order chi connectivity index (χ1) is 16.2. The fourth-order valence-corrected chi connectivity index (χ4v) is 3.78. The molecular formula is C25H29ClN4O4. The van der Waals surface area contributed by atoms with Gasteiger partial charge in [-0.05, 0) is 69.2 Å². The number of nitrogens with zero attached hydrogens (tertiary/aromatic N) is 1. The maximum atomic E-state index is 12.9. The van der Waals surface area contributed by atoms with E-state index < -0.39 is 18.0 Å². The van der Waals surface area contributed by atoms with Crippen LogP contribution in [0.3, 0.4) is 0 Å². The van der Waals surface area contributed by atoms with E-state index in [4.69, 9.17) is 16.3 Å². The van der Waals surface area contributed by atoms with Crippen molar-refractivity contribution in [3.63, 3.8) is 0 Å². The van der Waals surface area contributed by atoms with Crippen molar-refractivity contribution in [3.8, 4) is 0 Å². The normalized spacial score (nSPS) is 15.8. The number of hydrogen-bond donors (Lipinski definition) is 3. The van der Waals surface area contributed by atoms with Gasteiger partial charge in [0.15, 0.2) is 0 Å². The molecule has 1 aliphatic rings. The highest BCUT2D eigenvalue weighted by Crippen LogP contribution is 2.32. The van der Waals surface area contributed by atoms with Gasteiger partial charge in [-0.15, -0.1) is 0 Å². The number of amides is 4. The van der Waals surface area contributed by atoms with Gasteiger partial charge < -0.3 is 20.7 Å². The Kier molecular flexibility index (Phi) is 8.17. The number of rotatable bonds is 7. The summed E-state index contributed by atoms with van der Waals surface area (Å²) in [7, 11) is 0. The molecule has 0 saturated carbocycles. The number of carbonyl (C=O) groups excluding carboxylic acids is 3. The Balaban J connectivity index is 1.80. The molecule has 2 aromatic rings. The minimum atomic E-state index is -0.663. The molecule has 1 aliphatic heterocycles. The second-order valence-corrected chi connectivity index (χ2v) is 8.63. The summed E-state index contributed by atoms with van der Waals surface area (Å²) in [4.78, 5) is 39.5. The lowest BCUT2D eigenvalue weighted by molar-refractivity contribution is -0.143. The summed E-state index contributed by atoms with van der Waals surface area (Å²) in [6.45, 7) is 7.78. The third kappa shape index (κ3) is 6.08. The molecular weight excluding hydrogens is 456 g/mol. The van der Waals surface area contributed by atoms with Crippen molar-refractivity contribution in [1.82, 2.24) is 10.2 Å². The predicted octanol–water partition coefficient (Wildman–Crippen LogP) is 5.69. The van der Waals surface area contributed by atoms with Crippen LogP contribution in [0.2, 0.25) is 5.02 Å². The average Bonchev–Trinajstić information content (AvgIpc) is 2.77. The second kappa shape index (κ2) is 11.1. The predicted molar refractivity (Wildman–Crippen MR) is 133 cm³/mol. The van der Waals surface area contributed by atoms with Gasteiger partial charge in [0.05, 0.1) is 17.7 Å². The Bertz CT molecular complexity index is 1080. The van der Waals surface area contributed by atoms with Gasteiger partial charge in [-0.25, -0.2) is 14.4 Å². The van der Waals surface area contributed by atoms with E-state index in [1.54, 1.807) is 74.2 Å². The van der Waals surface area contributed by atoms with Gasteiger partial charge in [0.1, 0.15) is 0 Å². The first-order valence-corrected chi connectivity index (χ1v) is 11.5. The van der Waals surface area contributed by atoms with Crippen LogP contribution in [0, 0.1) is 0 Å². The van der Waals surface area contributed by atoms with Gasteiger partial charge in [-0.3, -0.25) is 4.90 Å². The van der Waals surface area contributed by atoms with Crippen molar-refractivity contribution in [3.05, 3.63) is 70.4 Å². The molecule has 0 saturated heterocycles. The smallest absolute Gasteiger partial charge is 0.338 e. The first-order valence-electron chi connectivity index (χ1n) is 11.1. The van der Waals surface area contributed by atoms with Crippen LogP contribution in [0.4, 0.5) is 21.0 Å². The number of hydrogen-bond acceptors (Lipinski definition) is 4. The summed E-state index contributed by atoms with van der Waals surface area (Å²) < 4.78 is 5.47. The lowest BCUT2D eigenvalue weighted by atomic mass is 9.94. The zero-order valence-corrected chi connectivity index (χ0v) is 20.4. The van der Waals surface area contributed by atoms with Gasteiger partial charge in [0.25, 0.3) is 0 Å². The molecule has 0 spiro atoms. The van der Waals surface area contributed by atoms with Gasteiger partial charge in [0, 0.05) is 28.6 Å². The number of halogens is 1. The van der Waals surface area contributed by atoms with Crippen LogP contribution in [0.25, 0.3) is 0 Å². The molecule has 0 radical (unpaired) electrons. The van der Waals surface area contributed by atoms with Crippen LogP contribution in [-0.2, 0) is 9.53 Å². The summed E-state index contributed by atoms with van der Waals surface area (Å²) in [6.07, 6.45) is 0.455. The molecule has 0 bridgehead atoms. The summed E-state index contributed by atoms with van der Waals surface area (Å²) in [6, 6.07) is 12.4.